The Morgan fingerprint density at radius 3 is 2.67 bits per heavy atom. The van der Waals surface area contributed by atoms with Gasteiger partial charge >= 0.3 is 6.36 Å². The maximum atomic E-state index is 12.3. The molecule has 0 spiro atoms. The average Bonchev–Trinajstić information content (AvgIpc) is 2.43. The molecule has 0 amide bonds. The first-order valence-corrected chi connectivity index (χ1v) is 6.66. The number of nitrogens with two attached hydrogens (primary N) is 1. The van der Waals surface area contributed by atoms with Crippen LogP contribution in [0.3, 0.4) is 0 Å². The minimum atomic E-state index is -4.72. The van der Waals surface area contributed by atoms with Gasteiger partial charge in [-0.2, -0.15) is 0 Å². The van der Waals surface area contributed by atoms with Crippen molar-refractivity contribution < 1.29 is 17.9 Å². The number of anilines is 1. The van der Waals surface area contributed by atoms with Crippen molar-refractivity contribution in [2.24, 2.45) is 5.84 Å². The zero-order chi connectivity index (χ0) is 15.0. The van der Waals surface area contributed by atoms with Gasteiger partial charge in [0.2, 0.25) is 0 Å². The van der Waals surface area contributed by atoms with E-state index in [2.05, 4.69) is 15.1 Å². The number of nitrogens with zero attached hydrogens (tertiary/aromatic N) is 1. The smallest absolute Gasteiger partial charge is 0.406 e. The molecule has 0 saturated heterocycles. The van der Waals surface area contributed by atoms with Gasteiger partial charge in [0, 0.05) is 11.1 Å². The molecule has 4 nitrogen and oxygen atoms in total. The van der Waals surface area contributed by atoms with Gasteiger partial charge in [0.15, 0.2) is 0 Å². The van der Waals surface area contributed by atoms with Crippen molar-refractivity contribution in [1.29, 1.82) is 0 Å². The van der Waals surface area contributed by atoms with Crippen LogP contribution in [0.1, 0.15) is 24.1 Å². The fraction of sp³-hybridized carbons (Fsp3) is 0.357. The van der Waals surface area contributed by atoms with Gasteiger partial charge < -0.3 is 10.2 Å². The molecule has 112 valence electrons. The number of aromatic nitrogens is 1. The van der Waals surface area contributed by atoms with E-state index in [0.717, 1.165) is 36.9 Å². The van der Waals surface area contributed by atoms with E-state index in [1.165, 1.54) is 18.2 Å². The Morgan fingerprint density at radius 2 is 1.95 bits per heavy atom. The van der Waals surface area contributed by atoms with E-state index < -0.39 is 6.36 Å². The van der Waals surface area contributed by atoms with Crippen molar-refractivity contribution in [2.75, 3.05) is 5.43 Å². The van der Waals surface area contributed by atoms with E-state index in [-0.39, 0.29) is 5.75 Å². The standard InChI is InChI=1S/C14H14F3N3O/c15-14(16,17)21-8-5-6-12-10(7-8)13(20-18)9-3-1-2-4-11(9)19-12/h5-7H,1-4,18H2,(H,19,20). The normalized spacial score (nSPS) is 14.9. The molecular formula is C14H14F3N3O. The van der Waals surface area contributed by atoms with Crippen LogP contribution in [0.25, 0.3) is 10.9 Å². The predicted molar refractivity (Wildman–Crippen MR) is 72.9 cm³/mol. The van der Waals surface area contributed by atoms with Gasteiger partial charge in [0.05, 0.1) is 11.2 Å². The number of rotatable bonds is 2. The van der Waals surface area contributed by atoms with Crippen LogP contribution >= 0.6 is 0 Å². The second-order valence-electron chi connectivity index (χ2n) is 4.99. The molecule has 0 fully saturated rings. The van der Waals surface area contributed by atoms with Gasteiger partial charge in [0.1, 0.15) is 5.75 Å². The molecule has 1 aromatic heterocycles. The number of alkyl halides is 3. The molecule has 1 aliphatic rings. The first-order valence-electron chi connectivity index (χ1n) is 6.66. The lowest BCUT2D eigenvalue weighted by Gasteiger charge is -2.20. The number of hydrogen-bond donors (Lipinski definition) is 2. The van der Waals surface area contributed by atoms with Gasteiger partial charge in [-0.15, -0.1) is 13.2 Å². The summed E-state index contributed by atoms with van der Waals surface area (Å²) in [7, 11) is 0. The number of benzene rings is 1. The summed E-state index contributed by atoms with van der Waals surface area (Å²) in [6, 6.07) is 4.10. The van der Waals surface area contributed by atoms with Crippen LogP contribution in [0.5, 0.6) is 5.75 Å². The van der Waals surface area contributed by atoms with Crippen LogP contribution < -0.4 is 16.0 Å². The van der Waals surface area contributed by atoms with Gasteiger partial charge in [-0.05, 0) is 49.4 Å². The molecule has 7 heteroatoms. The van der Waals surface area contributed by atoms with Gasteiger partial charge in [-0.25, -0.2) is 0 Å². The highest BCUT2D eigenvalue weighted by Gasteiger charge is 2.31. The average molecular weight is 297 g/mol. The monoisotopic (exact) mass is 297 g/mol. The van der Waals surface area contributed by atoms with Crippen LogP contribution in [0.2, 0.25) is 0 Å². The first-order chi connectivity index (χ1) is 9.98. The summed E-state index contributed by atoms with van der Waals surface area (Å²) in [6.45, 7) is 0. The first kappa shape index (κ1) is 13.9. The van der Waals surface area contributed by atoms with E-state index >= 15 is 0 Å². The highest BCUT2D eigenvalue weighted by Crippen LogP contribution is 2.35. The fourth-order valence-corrected chi connectivity index (χ4v) is 2.76. The molecular weight excluding hydrogens is 283 g/mol. The molecule has 2 aromatic rings. The molecule has 0 unspecified atom stereocenters. The number of aryl methyl sites for hydroxylation is 1. The molecule has 3 rings (SSSR count). The summed E-state index contributed by atoms with van der Waals surface area (Å²) in [4.78, 5) is 4.53. The van der Waals surface area contributed by atoms with Crippen molar-refractivity contribution in [3.8, 4) is 5.75 Å². The summed E-state index contributed by atoms with van der Waals surface area (Å²) in [5, 5.41) is 0.542. The lowest BCUT2D eigenvalue weighted by molar-refractivity contribution is -0.274. The number of hydrogen-bond acceptors (Lipinski definition) is 4. The van der Waals surface area contributed by atoms with E-state index in [0.29, 0.717) is 16.6 Å². The lowest BCUT2D eigenvalue weighted by Crippen LogP contribution is -2.17. The molecule has 0 bridgehead atoms. The third kappa shape index (κ3) is 2.73. The van der Waals surface area contributed by atoms with Gasteiger partial charge in [-0.1, -0.05) is 0 Å². The number of hydrazine groups is 1. The lowest BCUT2D eigenvalue weighted by atomic mass is 9.93. The van der Waals surface area contributed by atoms with Gasteiger partial charge in [-0.3, -0.25) is 10.8 Å². The number of pyridine rings is 1. The fourth-order valence-electron chi connectivity index (χ4n) is 2.76. The summed E-state index contributed by atoms with van der Waals surface area (Å²) < 4.78 is 40.9. The molecule has 0 aliphatic heterocycles. The summed E-state index contributed by atoms with van der Waals surface area (Å²) >= 11 is 0. The van der Waals surface area contributed by atoms with E-state index in [4.69, 9.17) is 5.84 Å². The van der Waals surface area contributed by atoms with Crippen LogP contribution in [-0.4, -0.2) is 11.3 Å². The zero-order valence-corrected chi connectivity index (χ0v) is 11.1. The number of ether oxygens (including phenoxy) is 1. The summed E-state index contributed by atoms with van der Waals surface area (Å²) in [6.07, 6.45) is -0.951. The SMILES string of the molecule is NNc1c2c(nc3ccc(OC(F)(F)F)cc13)CCCC2. The maximum absolute atomic E-state index is 12.3. The zero-order valence-electron chi connectivity index (χ0n) is 11.1. The Kier molecular flexibility index (Phi) is 3.36. The molecule has 0 saturated carbocycles. The topological polar surface area (TPSA) is 60.2 Å². The van der Waals surface area contributed by atoms with E-state index in [9.17, 15) is 13.2 Å². The number of nitrogens with one attached hydrogen (secondary N) is 1. The molecule has 21 heavy (non-hydrogen) atoms. The third-order valence-corrected chi connectivity index (χ3v) is 3.61. The molecule has 1 heterocycles. The number of nitrogen functional groups attached to an aromatic ring is 1. The molecule has 1 aromatic carbocycles. The second kappa shape index (κ2) is 5.07. The van der Waals surface area contributed by atoms with Crippen molar-refractivity contribution in [3.63, 3.8) is 0 Å². The van der Waals surface area contributed by atoms with Gasteiger partial charge in [0.25, 0.3) is 0 Å². The molecule has 1 aliphatic carbocycles. The third-order valence-electron chi connectivity index (χ3n) is 3.61. The number of halogens is 3. The highest BCUT2D eigenvalue weighted by atomic mass is 19.4. The Labute approximate surface area is 119 Å². The minimum Gasteiger partial charge on any atom is -0.406 e. The van der Waals surface area contributed by atoms with Crippen LogP contribution in [-0.2, 0) is 12.8 Å². The molecule has 0 radical (unpaired) electrons. The van der Waals surface area contributed by atoms with Crippen molar-refractivity contribution in [1.82, 2.24) is 4.98 Å². The quantitative estimate of drug-likeness (QED) is 0.659. The highest BCUT2D eigenvalue weighted by molar-refractivity contribution is 5.94. The van der Waals surface area contributed by atoms with Crippen molar-refractivity contribution >= 4 is 16.6 Å². The summed E-state index contributed by atoms with van der Waals surface area (Å²) in [5.41, 5.74) is 5.81. The minimum absolute atomic E-state index is 0.274. The predicted octanol–water partition coefficient (Wildman–Crippen LogP) is 3.30. The summed E-state index contributed by atoms with van der Waals surface area (Å²) in [5.74, 6) is 5.30. The number of fused-ring (bicyclic) bond motifs is 2. The Morgan fingerprint density at radius 1 is 1.19 bits per heavy atom. The largest absolute Gasteiger partial charge is 0.573 e. The van der Waals surface area contributed by atoms with E-state index in [1.807, 2.05) is 0 Å². The Bertz CT molecular complexity index is 685. The van der Waals surface area contributed by atoms with Crippen molar-refractivity contribution in [3.05, 3.63) is 29.5 Å². The van der Waals surface area contributed by atoms with Crippen LogP contribution in [0.4, 0.5) is 18.9 Å². The van der Waals surface area contributed by atoms with Crippen molar-refractivity contribution in [2.45, 2.75) is 32.0 Å². The van der Waals surface area contributed by atoms with E-state index in [1.54, 1.807) is 0 Å². The maximum Gasteiger partial charge on any atom is 0.573 e. The second-order valence-corrected chi connectivity index (χ2v) is 4.99. The van der Waals surface area contributed by atoms with Crippen LogP contribution in [0, 0.1) is 0 Å². The Hall–Kier alpha value is -2.02. The van der Waals surface area contributed by atoms with Crippen LogP contribution in [0.15, 0.2) is 18.2 Å². The molecule has 3 N–H and O–H groups in total. The Balaban J connectivity index is 2.15. The molecule has 0 atom stereocenters.